The Morgan fingerprint density at radius 3 is 2.58 bits per heavy atom. The summed E-state index contributed by atoms with van der Waals surface area (Å²) in [6.45, 7) is 9.37. The monoisotopic (exact) mass is 1010 g/mol. The number of aromatic amines is 1. The number of fused-ring (bicyclic) bond motifs is 4. The molecular weight excluding hydrogens is 951 g/mol. The van der Waals surface area contributed by atoms with Crippen molar-refractivity contribution in [1.82, 2.24) is 24.6 Å². The van der Waals surface area contributed by atoms with Crippen LogP contribution in [0, 0.1) is 15.5 Å². The molecular formula is C54H59N9O9S. The average Bonchev–Trinajstić information content (AvgIpc) is 3.86. The van der Waals surface area contributed by atoms with Gasteiger partial charge in [0.1, 0.15) is 24.0 Å². The Morgan fingerprint density at radius 2 is 1.77 bits per heavy atom. The minimum Gasteiger partial charge on any atom is -0.489 e. The number of nitro benzene ring substituents is 1. The van der Waals surface area contributed by atoms with Gasteiger partial charge in [0.15, 0.2) is 11.4 Å². The van der Waals surface area contributed by atoms with Crippen LogP contribution in [0.25, 0.3) is 11.0 Å². The normalized spacial score (nSPS) is 22.8. The Balaban J connectivity index is 0.835. The first-order chi connectivity index (χ1) is 35.4. The number of carbonyl (C=O) groups is 1. The number of hydrogen-bond donors (Lipinski definition) is 3. The second-order valence-corrected chi connectivity index (χ2v) is 22.4. The van der Waals surface area contributed by atoms with Gasteiger partial charge in [-0.05, 0) is 97.0 Å². The lowest BCUT2D eigenvalue weighted by Crippen LogP contribution is -2.58. The van der Waals surface area contributed by atoms with Gasteiger partial charge < -0.3 is 39.0 Å². The van der Waals surface area contributed by atoms with Crippen molar-refractivity contribution < 1.29 is 37.1 Å². The molecule has 6 aliphatic rings. The molecule has 0 unspecified atom stereocenters. The molecule has 0 bridgehead atoms. The van der Waals surface area contributed by atoms with Crippen LogP contribution in [-0.2, 0) is 25.9 Å². The van der Waals surface area contributed by atoms with Crippen molar-refractivity contribution in [3.63, 3.8) is 0 Å². The summed E-state index contributed by atoms with van der Waals surface area (Å²) in [4.78, 5) is 45.7. The molecule has 12 rings (SSSR count). The first-order valence-corrected chi connectivity index (χ1v) is 26.9. The topological polar surface area (TPSA) is 207 Å². The van der Waals surface area contributed by atoms with E-state index in [2.05, 4.69) is 72.8 Å². The van der Waals surface area contributed by atoms with Gasteiger partial charge >= 0.3 is 0 Å². The molecule has 1 saturated carbocycles. The van der Waals surface area contributed by atoms with Crippen molar-refractivity contribution >= 4 is 55.4 Å². The SMILES string of the molecule is CC(C)c1ccccc1[C@@H]1COCCN1C1CC2(CCN(c3ccc(C(=O)NS(=O)(=O)c4cc5c(c([N+](=O)[O-])c4)N[C@@H](Cc4ccccn4)CO5)c(N4c5cc6cc[nH]c6nc5O[C@H]5COCC[C@@H]54)c3)CC2)C1. The van der Waals surface area contributed by atoms with Crippen LogP contribution in [0.2, 0.25) is 0 Å². The van der Waals surface area contributed by atoms with Gasteiger partial charge in [-0.2, -0.15) is 4.98 Å². The Morgan fingerprint density at radius 1 is 0.945 bits per heavy atom. The van der Waals surface area contributed by atoms with Crippen LogP contribution >= 0.6 is 0 Å². The third kappa shape index (κ3) is 8.89. The molecule has 1 spiro atoms. The molecule has 380 valence electrons. The van der Waals surface area contributed by atoms with Crippen molar-refractivity contribution in [2.24, 2.45) is 5.41 Å². The van der Waals surface area contributed by atoms with E-state index in [1.165, 1.54) is 17.2 Å². The maximum atomic E-state index is 14.8. The van der Waals surface area contributed by atoms with Gasteiger partial charge in [0.05, 0.1) is 59.0 Å². The highest BCUT2D eigenvalue weighted by atomic mass is 32.2. The molecule has 4 atom stereocenters. The standard InChI is InChI=1S/C54H59N9O9S/c1-33(2)40-8-3-4-9-41(40)47-31-70-22-20-61(47)38-28-54(29-38)14-18-60(19-15-54)37-10-11-42(44(25-37)62-43-13-21-69-32-49(43)72-53-46(62)23-34-12-17-56-51(34)58-53)52(64)59-73(67,68)39-26-45(63(65)66)50-48(27-39)71-30-36(57-50)24-35-7-5-6-16-55-35/h3-12,16-17,23,25-27,33,36,38,43,47,49,57H,13-15,18-22,24,28-32H2,1-2H3,(H,56,58)(H,59,64)/t36-,43-,47-,49-/m0/s1. The number of nitrogens with one attached hydrogen (secondary N) is 3. The van der Waals surface area contributed by atoms with E-state index in [1.54, 1.807) is 24.5 Å². The summed E-state index contributed by atoms with van der Waals surface area (Å²) >= 11 is 0. The number of carbonyl (C=O) groups excluding carboxylic acids is 1. The average molecular weight is 1010 g/mol. The Bertz CT molecular complexity index is 3190. The molecule has 1 amide bonds. The van der Waals surface area contributed by atoms with Crippen molar-refractivity contribution in [3.8, 4) is 11.6 Å². The molecule has 18 nitrogen and oxygen atoms in total. The van der Waals surface area contributed by atoms with Gasteiger partial charge in [-0.1, -0.05) is 44.2 Å². The molecule has 3 aromatic heterocycles. The first-order valence-electron chi connectivity index (χ1n) is 25.4. The fourth-order valence-corrected chi connectivity index (χ4v) is 13.2. The molecule has 5 aliphatic heterocycles. The zero-order chi connectivity index (χ0) is 50.0. The molecule has 1 aliphatic carbocycles. The van der Waals surface area contributed by atoms with Crippen LogP contribution in [0.4, 0.5) is 28.4 Å². The van der Waals surface area contributed by atoms with Crippen LogP contribution in [-0.4, -0.2) is 116 Å². The predicted octanol–water partition coefficient (Wildman–Crippen LogP) is 8.03. The highest BCUT2D eigenvalue weighted by Crippen LogP contribution is 2.54. The van der Waals surface area contributed by atoms with E-state index in [-0.39, 0.29) is 47.1 Å². The summed E-state index contributed by atoms with van der Waals surface area (Å²) in [5.41, 5.74) is 6.07. The summed E-state index contributed by atoms with van der Waals surface area (Å²) in [6.07, 6.45) is 8.33. The molecule has 4 fully saturated rings. The molecule has 6 aromatic rings. The van der Waals surface area contributed by atoms with E-state index in [9.17, 15) is 23.3 Å². The number of nitro groups is 1. The van der Waals surface area contributed by atoms with E-state index in [4.69, 9.17) is 23.9 Å². The minimum atomic E-state index is -4.71. The number of benzene rings is 3. The van der Waals surface area contributed by atoms with Crippen molar-refractivity contribution in [2.75, 3.05) is 67.8 Å². The number of anilines is 4. The lowest BCUT2D eigenvalue weighted by molar-refractivity contribution is -0.384. The van der Waals surface area contributed by atoms with Crippen molar-refractivity contribution in [2.45, 2.75) is 93.5 Å². The number of sulfonamides is 1. The van der Waals surface area contributed by atoms with Gasteiger partial charge in [0.2, 0.25) is 5.88 Å². The predicted molar refractivity (Wildman–Crippen MR) is 275 cm³/mol. The van der Waals surface area contributed by atoms with E-state index >= 15 is 0 Å². The fourth-order valence-electron chi connectivity index (χ4n) is 12.2. The van der Waals surface area contributed by atoms with Crippen LogP contribution in [0.1, 0.15) is 85.1 Å². The number of nitrogens with zero attached hydrogens (tertiary/aromatic N) is 6. The summed E-state index contributed by atoms with van der Waals surface area (Å²) < 4.78 is 55.5. The lowest BCUT2D eigenvalue weighted by Gasteiger charge is -2.57. The molecule has 19 heteroatoms. The number of aromatic nitrogens is 3. The van der Waals surface area contributed by atoms with Gasteiger partial charge in [-0.15, -0.1) is 0 Å². The first kappa shape index (κ1) is 47.2. The number of piperidine rings is 1. The number of morpholine rings is 1. The maximum absolute atomic E-state index is 14.8. The van der Waals surface area contributed by atoms with Crippen LogP contribution < -0.4 is 29.3 Å². The Kier molecular flexibility index (Phi) is 12.2. The van der Waals surface area contributed by atoms with Gasteiger partial charge in [0, 0.05) is 80.0 Å². The number of rotatable bonds is 11. The molecule has 3 aromatic carbocycles. The third-order valence-corrected chi connectivity index (χ3v) is 17.3. The zero-order valence-corrected chi connectivity index (χ0v) is 41.7. The lowest BCUT2D eigenvalue weighted by atomic mass is 9.59. The quantitative estimate of drug-likeness (QED) is 0.0830. The molecule has 3 saturated heterocycles. The molecule has 73 heavy (non-hydrogen) atoms. The number of pyridine rings is 2. The molecule has 8 heterocycles. The molecule has 3 N–H and O–H groups in total. The Labute approximate surface area is 423 Å². The van der Waals surface area contributed by atoms with E-state index in [0.29, 0.717) is 67.5 Å². The summed E-state index contributed by atoms with van der Waals surface area (Å²) in [6, 6.07) is 26.0. The van der Waals surface area contributed by atoms with Gasteiger partial charge in [-0.25, -0.2) is 13.1 Å². The van der Waals surface area contributed by atoms with Crippen molar-refractivity contribution in [1.29, 1.82) is 0 Å². The fraction of sp³-hybridized carbons (Fsp3) is 0.426. The van der Waals surface area contributed by atoms with E-state index in [0.717, 1.165) is 74.8 Å². The second-order valence-electron chi connectivity index (χ2n) is 20.7. The Hall–Kier alpha value is -6.80. The number of amides is 1. The third-order valence-electron chi connectivity index (χ3n) is 16.0. The minimum absolute atomic E-state index is 0.0122. The maximum Gasteiger partial charge on any atom is 0.297 e. The van der Waals surface area contributed by atoms with Crippen LogP contribution in [0.5, 0.6) is 11.6 Å². The highest BCUT2D eigenvalue weighted by Gasteiger charge is 2.50. The van der Waals surface area contributed by atoms with Crippen LogP contribution in [0.3, 0.4) is 0 Å². The largest absolute Gasteiger partial charge is 0.489 e. The zero-order valence-electron chi connectivity index (χ0n) is 40.9. The second kappa shape index (κ2) is 18.9. The van der Waals surface area contributed by atoms with E-state index < -0.39 is 37.5 Å². The van der Waals surface area contributed by atoms with Crippen molar-refractivity contribution in [3.05, 3.63) is 130 Å². The smallest absolute Gasteiger partial charge is 0.297 e. The molecule has 0 radical (unpaired) electrons. The summed E-state index contributed by atoms with van der Waals surface area (Å²) in [7, 11) is -4.71. The van der Waals surface area contributed by atoms with Crippen LogP contribution in [0.15, 0.2) is 102 Å². The number of ether oxygens (including phenoxy) is 4. The summed E-state index contributed by atoms with van der Waals surface area (Å²) in [5.74, 6) is -0.131. The van der Waals surface area contributed by atoms with E-state index in [1.807, 2.05) is 36.4 Å². The number of H-pyrrole nitrogens is 1. The van der Waals surface area contributed by atoms with Gasteiger partial charge in [-0.3, -0.25) is 24.8 Å². The number of hydrogen-bond acceptors (Lipinski definition) is 15. The van der Waals surface area contributed by atoms with Gasteiger partial charge in [0.25, 0.3) is 21.6 Å². The highest BCUT2D eigenvalue weighted by molar-refractivity contribution is 7.90. The summed E-state index contributed by atoms with van der Waals surface area (Å²) in [5, 5.41) is 16.5.